The van der Waals surface area contributed by atoms with E-state index in [4.69, 9.17) is 4.74 Å². The van der Waals surface area contributed by atoms with Gasteiger partial charge >= 0.3 is 5.97 Å². The van der Waals surface area contributed by atoms with Crippen LogP contribution in [0, 0.1) is 5.82 Å². The summed E-state index contributed by atoms with van der Waals surface area (Å²) in [6.45, 7) is 1.22. The molecule has 3 aliphatic rings. The number of ether oxygens (including phenoxy) is 1. The molecule has 34 heavy (non-hydrogen) atoms. The first-order valence-corrected chi connectivity index (χ1v) is 11.8. The SMILES string of the molecule is CC[C@@]1(O)C(=O)OCc2c1ccn(CC1=C(I)C(=C=O)c3cc(F)cc4c3N1C(CO)C4)c2=O. The predicted octanol–water partition coefficient (Wildman–Crippen LogP) is 1.94. The average molecular weight is 578 g/mol. The minimum absolute atomic E-state index is 0.0425. The van der Waals surface area contributed by atoms with Crippen molar-refractivity contribution in [3.63, 3.8) is 0 Å². The van der Waals surface area contributed by atoms with E-state index in [0.29, 0.717) is 32.5 Å². The maximum Gasteiger partial charge on any atom is 0.343 e. The van der Waals surface area contributed by atoms with Gasteiger partial charge in [0, 0.05) is 17.3 Å². The quantitative estimate of drug-likeness (QED) is 0.325. The fraction of sp³-hybridized carbons (Fsp3) is 0.333. The van der Waals surface area contributed by atoms with Gasteiger partial charge in [-0.25, -0.2) is 14.0 Å². The van der Waals surface area contributed by atoms with Gasteiger partial charge in [0.2, 0.25) is 0 Å². The number of allylic oxidation sites excluding steroid dienone is 3. The Morgan fingerprint density at radius 2 is 2.12 bits per heavy atom. The van der Waals surface area contributed by atoms with E-state index in [1.807, 2.05) is 33.4 Å². The van der Waals surface area contributed by atoms with E-state index in [9.17, 15) is 29.0 Å². The zero-order valence-electron chi connectivity index (χ0n) is 18.1. The number of aliphatic hydroxyl groups is 2. The zero-order chi connectivity index (χ0) is 24.4. The fourth-order valence-corrected chi connectivity index (χ4v) is 5.90. The molecule has 2 atom stereocenters. The van der Waals surface area contributed by atoms with Gasteiger partial charge in [0.25, 0.3) is 5.56 Å². The Labute approximate surface area is 207 Å². The Morgan fingerprint density at radius 1 is 1.35 bits per heavy atom. The minimum Gasteiger partial charge on any atom is -0.458 e. The van der Waals surface area contributed by atoms with Crippen LogP contribution in [0.4, 0.5) is 10.1 Å². The second-order valence-electron chi connectivity index (χ2n) is 8.54. The van der Waals surface area contributed by atoms with Crippen molar-refractivity contribution in [2.45, 2.75) is 44.6 Å². The smallest absolute Gasteiger partial charge is 0.343 e. The van der Waals surface area contributed by atoms with Crippen LogP contribution in [0.3, 0.4) is 0 Å². The number of hydrogen-bond acceptors (Lipinski definition) is 7. The van der Waals surface area contributed by atoms with Gasteiger partial charge in [0.05, 0.1) is 45.3 Å². The Balaban J connectivity index is 1.65. The average Bonchev–Trinajstić information content (AvgIpc) is 3.19. The van der Waals surface area contributed by atoms with Gasteiger partial charge in [0.15, 0.2) is 5.60 Å². The molecule has 2 aromatic rings. The molecular weight excluding hydrogens is 558 g/mol. The van der Waals surface area contributed by atoms with Gasteiger partial charge in [0.1, 0.15) is 18.4 Å². The Morgan fingerprint density at radius 3 is 2.79 bits per heavy atom. The minimum atomic E-state index is -1.88. The number of carbonyl (C=O) groups is 1. The molecule has 5 rings (SSSR count). The molecule has 2 N–H and O–H groups in total. The monoisotopic (exact) mass is 578 g/mol. The van der Waals surface area contributed by atoms with E-state index in [1.54, 1.807) is 6.92 Å². The van der Waals surface area contributed by atoms with E-state index in [-0.39, 0.29) is 48.9 Å². The highest BCUT2D eigenvalue weighted by atomic mass is 127. The molecular formula is C24H20FIN2O6. The summed E-state index contributed by atoms with van der Waals surface area (Å²) in [4.78, 5) is 39.2. The van der Waals surface area contributed by atoms with Crippen molar-refractivity contribution in [1.82, 2.24) is 4.57 Å². The molecule has 0 saturated carbocycles. The van der Waals surface area contributed by atoms with E-state index in [2.05, 4.69) is 0 Å². The van der Waals surface area contributed by atoms with Crippen molar-refractivity contribution in [1.29, 1.82) is 0 Å². The number of benzene rings is 1. The molecule has 4 heterocycles. The Hall–Kier alpha value is -2.79. The first-order chi connectivity index (χ1) is 16.2. The number of aromatic nitrogens is 1. The van der Waals surface area contributed by atoms with Gasteiger partial charge < -0.3 is 24.4 Å². The number of nitrogens with zero attached hydrogens (tertiary/aromatic N) is 2. The van der Waals surface area contributed by atoms with Gasteiger partial charge in [-0.05, 0) is 59.2 Å². The van der Waals surface area contributed by atoms with Gasteiger partial charge in [-0.3, -0.25) is 4.79 Å². The standard InChI is InChI=1S/C24H20FIN2O6/c1-2-24(33)18-3-4-27(22(31)17(18)11-34-23(24)32)8-19-20(26)16(10-30)15-7-13(25)5-12-6-14(9-29)28(19)21(12)15/h3-5,7,14,29,33H,2,6,8-9,11H2,1H3/t14?,24-/m0/s1. The Bertz CT molecular complexity index is 1390. The second kappa shape index (κ2) is 8.16. The maximum atomic E-state index is 14.3. The number of pyridine rings is 1. The third-order valence-corrected chi connectivity index (χ3v) is 7.95. The molecule has 1 unspecified atom stereocenters. The van der Waals surface area contributed by atoms with Gasteiger partial charge in [-0.2, -0.15) is 0 Å². The normalized spacial score (nSPS) is 23.0. The lowest BCUT2D eigenvalue weighted by Gasteiger charge is -2.36. The van der Waals surface area contributed by atoms with Gasteiger partial charge in [-0.1, -0.05) is 6.92 Å². The van der Waals surface area contributed by atoms with Crippen LogP contribution in [0.15, 0.2) is 38.5 Å². The molecule has 0 aliphatic carbocycles. The molecule has 10 heteroatoms. The summed E-state index contributed by atoms with van der Waals surface area (Å²) in [6.07, 6.45) is 1.93. The summed E-state index contributed by atoms with van der Waals surface area (Å²) in [5.41, 5.74) is 0.598. The van der Waals surface area contributed by atoms with E-state index >= 15 is 0 Å². The lowest BCUT2D eigenvalue weighted by molar-refractivity contribution is -0.172. The third-order valence-electron chi connectivity index (χ3n) is 6.79. The summed E-state index contributed by atoms with van der Waals surface area (Å²) in [5.74, 6) is 0.653. The van der Waals surface area contributed by atoms with Crippen LogP contribution in [-0.4, -0.2) is 39.3 Å². The number of aliphatic hydroxyl groups excluding tert-OH is 1. The molecule has 0 spiro atoms. The molecule has 0 saturated heterocycles. The number of fused-ring (bicyclic) bond motifs is 1. The van der Waals surface area contributed by atoms with Crippen molar-refractivity contribution in [2.24, 2.45) is 0 Å². The predicted molar refractivity (Wildman–Crippen MR) is 128 cm³/mol. The van der Waals surface area contributed by atoms with Crippen LogP contribution in [0.5, 0.6) is 0 Å². The largest absolute Gasteiger partial charge is 0.458 e. The van der Waals surface area contributed by atoms with Crippen molar-refractivity contribution < 1.29 is 28.9 Å². The van der Waals surface area contributed by atoms with Crippen LogP contribution < -0.4 is 10.5 Å². The highest BCUT2D eigenvalue weighted by Gasteiger charge is 2.44. The van der Waals surface area contributed by atoms with E-state index in [0.717, 1.165) is 0 Å². The Kier molecular flexibility index (Phi) is 5.51. The summed E-state index contributed by atoms with van der Waals surface area (Å²) in [6, 6.07) is 3.83. The van der Waals surface area contributed by atoms with Crippen LogP contribution >= 0.6 is 22.6 Å². The van der Waals surface area contributed by atoms with Crippen LogP contribution in [0.1, 0.15) is 35.6 Å². The molecule has 1 aromatic carbocycles. The van der Waals surface area contributed by atoms with Crippen LogP contribution in [0.2, 0.25) is 0 Å². The maximum absolute atomic E-state index is 14.3. The van der Waals surface area contributed by atoms with E-state index < -0.39 is 22.9 Å². The molecule has 3 aliphatic heterocycles. The number of rotatable bonds is 4. The van der Waals surface area contributed by atoms with E-state index in [1.165, 1.54) is 29.0 Å². The number of hydrogen-bond donors (Lipinski definition) is 2. The van der Waals surface area contributed by atoms with Crippen molar-refractivity contribution >= 4 is 45.8 Å². The topological polar surface area (TPSA) is 109 Å². The summed E-state index contributed by atoms with van der Waals surface area (Å²) >= 11 is 1.98. The van der Waals surface area contributed by atoms with Crippen molar-refractivity contribution in [3.05, 3.63) is 72.1 Å². The zero-order valence-corrected chi connectivity index (χ0v) is 20.3. The molecule has 0 fully saturated rings. The van der Waals surface area contributed by atoms with Crippen LogP contribution in [-0.2, 0) is 39.5 Å². The highest BCUT2D eigenvalue weighted by Crippen LogP contribution is 2.49. The molecule has 176 valence electrons. The first kappa shape index (κ1) is 23.0. The number of anilines is 1. The lowest BCUT2D eigenvalue weighted by Crippen LogP contribution is -2.45. The number of carbonyl (C=O) groups excluding carboxylic acids is 2. The lowest BCUT2D eigenvalue weighted by atomic mass is 9.87. The summed E-state index contributed by atoms with van der Waals surface area (Å²) < 4.78 is 21.3. The number of cyclic esters (lactones) is 1. The number of halogens is 2. The summed E-state index contributed by atoms with van der Waals surface area (Å²) in [5, 5.41) is 20.8. The fourth-order valence-electron chi connectivity index (χ4n) is 5.07. The van der Waals surface area contributed by atoms with Crippen LogP contribution in [0.25, 0.3) is 5.57 Å². The highest BCUT2D eigenvalue weighted by molar-refractivity contribution is 14.1. The third kappa shape index (κ3) is 3.13. The molecule has 0 radical (unpaired) electrons. The summed E-state index contributed by atoms with van der Waals surface area (Å²) in [7, 11) is 0. The number of esters is 1. The molecule has 1 aromatic heterocycles. The van der Waals surface area contributed by atoms with Crippen molar-refractivity contribution in [2.75, 3.05) is 11.5 Å². The molecule has 0 bridgehead atoms. The van der Waals surface area contributed by atoms with Gasteiger partial charge in [-0.15, -0.1) is 0 Å². The molecule has 8 nitrogen and oxygen atoms in total. The van der Waals surface area contributed by atoms with Crippen molar-refractivity contribution in [3.8, 4) is 0 Å². The first-order valence-electron chi connectivity index (χ1n) is 10.7. The second-order valence-corrected chi connectivity index (χ2v) is 9.62. The molecule has 0 amide bonds.